The van der Waals surface area contributed by atoms with Crippen molar-refractivity contribution in [3.63, 3.8) is 0 Å². The van der Waals surface area contributed by atoms with Gasteiger partial charge in [0, 0.05) is 19.1 Å². The van der Waals surface area contributed by atoms with E-state index in [2.05, 4.69) is 12.2 Å². The Morgan fingerprint density at radius 3 is 3.00 bits per heavy atom. The number of anilines is 2. The minimum Gasteiger partial charge on any atom is -0.478 e. The van der Waals surface area contributed by atoms with Gasteiger partial charge in [-0.3, -0.25) is 0 Å². The Morgan fingerprint density at radius 2 is 2.39 bits per heavy atom. The minimum absolute atomic E-state index is 0.237. The van der Waals surface area contributed by atoms with E-state index in [-0.39, 0.29) is 11.7 Å². The molecule has 98 valence electrons. The molecule has 4 N–H and O–H groups in total. The first-order valence-corrected chi connectivity index (χ1v) is 6.06. The van der Waals surface area contributed by atoms with Crippen LogP contribution < -0.4 is 11.1 Å². The number of nitrogens with one attached hydrogen (secondary N) is 1. The number of ether oxygens (including phenoxy) is 1. The number of hydrogen-bond donors (Lipinski definition) is 3. The highest BCUT2D eigenvalue weighted by atomic mass is 16.5. The van der Waals surface area contributed by atoms with Crippen molar-refractivity contribution >= 4 is 17.3 Å². The number of carboxylic acids is 1. The molecule has 0 aromatic heterocycles. The normalized spacial score (nSPS) is 22.9. The molecule has 1 saturated heterocycles. The topological polar surface area (TPSA) is 84.6 Å². The highest BCUT2D eigenvalue weighted by Gasteiger charge is 2.23. The minimum atomic E-state index is -0.949. The highest BCUT2D eigenvalue weighted by molar-refractivity contribution is 5.90. The summed E-state index contributed by atoms with van der Waals surface area (Å²) in [5.74, 6) is -0.506. The van der Waals surface area contributed by atoms with Crippen LogP contribution in [-0.4, -0.2) is 30.3 Å². The maximum absolute atomic E-state index is 10.9. The van der Waals surface area contributed by atoms with Crippen LogP contribution in [0.1, 0.15) is 23.7 Å². The van der Waals surface area contributed by atoms with Crippen molar-refractivity contribution in [3.8, 4) is 0 Å². The summed E-state index contributed by atoms with van der Waals surface area (Å²) in [5, 5.41) is 12.1. The van der Waals surface area contributed by atoms with Crippen molar-refractivity contribution < 1.29 is 14.6 Å². The van der Waals surface area contributed by atoms with Crippen LogP contribution in [0.4, 0.5) is 11.4 Å². The lowest BCUT2D eigenvalue weighted by Gasteiger charge is -2.17. The summed E-state index contributed by atoms with van der Waals surface area (Å²) in [6.45, 7) is 3.59. The Hall–Kier alpha value is -1.75. The number of benzene rings is 1. The predicted molar refractivity (Wildman–Crippen MR) is 69.8 cm³/mol. The Morgan fingerprint density at radius 1 is 1.61 bits per heavy atom. The van der Waals surface area contributed by atoms with E-state index < -0.39 is 5.97 Å². The van der Waals surface area contributed by atoms with Gasteiger partial charge in [0.1, 0.15) is 0 Å². The molecule has 2 atom stereocenters. The molecule has 1 fully saturated rings. The van der Waals surface area contributed by atoms with E-state index in [0.29, 0.717) is 17.3 Å². The third-order valence-electron chi connectivity index (χ3n) is 3.39. The molecular formula is C13H18N2O3. The lowest BCUT2D eigenvalue weighted by Crippen LogP contribution is -2.21. The van der Waals surface area contributed by atoms with Gasteiger partial charge in [0.2, 0.25) is 0 Å². The number of carboxylic acid groups (broad SMARTS) is 1. The highest BCUT2D eigenvalue weighted by Crippen LogP contribution is 2.24. The van der Waals surface area contributed by atoms with Crippen molar-refractivity contribution in [2.24, 2.45) is 5.92 Å². The third kappa shape index (κ3) is 2.73. The molecule has 0 aliphatic carbocycles. The molecule has 18 heavy (non-hydrogen) atoms. The van der Waals surface area contributed by atoms with Crippen molar-refractivity contribution in [2.75, 3.05) is 24.2 Å². The Kier molecular flexibility index (Phi) is 3.72. The summed E-state index contributed by atoms with van der Waals surface area (Å²) < 4.78 is 5.48. The summed E-state index contributed by atoms with van der Waals surface area (Å²) in [6.07, 6.45) is 1.26. The number of aromatic carboxylic acids is 1. The van der Waals surface area contributed by atoms with E-state index in [1.54, 1.807) is 12.1 Å². The van der Waals surface area contributed by atoms with Crippen molar-refractivity contribution in [2.45, 2.75) is 19.4 Å². The van der Waals surface area contributed by atoms with Crippen molar-refractivity contribution in [1.29, 1.82) is 0 Å². The van der Waals surface area contributed by atoms with Gasteiger partial charge in [-0.15, -0.1) is 0 Å². The van der Waals surface area contributed by atoms with Crippen molar-refractivity contribution in [1.82, 2.24) is 0 Å². The van der Waals surface area contributed by atoms with Crippen LogP contribution >= 0.6 is 0 Å². The first kappa shape index (κ1) is 12.7. The summed E-state index contributed by atoms with van der Waals surface area (Å²) >= 11 is 0. The number of carbonyl (C=O) groups is 1. The molecule has 0 spiro atoms. The monoisotopic (exact) mass is 250 g/mol. The molecule has 5 nitrogen and oxygen atoms in total. The molecule has 0 saturated carbocycles. The average molecular weight is 250 g/mol. The molecule has 0 radical (unpaired) electrons. The van der Waals surface area contributed by atoms with Crippen LogP contribution in [0.25, 0.3) is 0 Å². The zero-order chi connectivity index (χ0) is 13.1. The first-order valence-electron chi connectivity index (χ1n) is 6.06. The van der Waals surface area contributed by atoms with Crippen LogP contribution in [0.3, 0.4) is 0 Å². The van der Waals surface area contributed by atoms with E-state index in [9.17, 15) is 4.79 Å². The van der Waals surface area contributed by atoms with Gasteiger partial charge < -0.3 is 20.9 Å². The lowest BCUT2D eigenvalue weighted by atomic mass is 10.0. The van der Waals surface area contributed by atoms with E-state index in [0.717, 1.165) is 19.6 Å². The number of hydrogen-bond acceptors (Lipinski definition) is 4. The molecule has 1 heterocycles. The molecule has 5 heteroatoms. The van der Waals surface area contributed by atoms with Crippen molar-refractivity contribution in [3.05, 3.63) is 23.8 Å². The van der Waals surface area contributed by atoms with Gasteiger partial charge in [0.05, 0.1) is 23.0 Å². The standard InChI is InChI=1S/C13H18N2O3/c1-8-10(4-5-18-8)7-15-12-6-9(13(16)17)2-3-11(12)14/h2-3,6,8,10,15H,4-5,7,14H2,1H3,(H,16,17). The summed E-state index contributed by atoms with van der Waals surface area (Å²) in [5.41, 5.74) is 7.30. The lowest BCUT2D eigenvalue weighted by molar-refractivity contribution is 0.0697. The fourth-order valence-corrected chi connectivity index (χ4v) is 2.13. The van der Waals surface area contributed by atoms with Gasteiger partial charge in [-0.05, 0) is 31.5 Å². The summed E-state index contributed by atoms with van der Waals surface area (Å²) in [6, 6.07) is 4.68. The second-order valence-electron chi connectivity index (χ2n) is 4.61. The van der Waals surface area contributed by atoms with Gasteiger partial charge in [-0.2, -0.15) is 0 Å². The van der Waals surface area contributed by atoms with E-state index >= 15 is 0 Å². The summed E-state index contributed by atoms with van der Waals surface area (Å²) in [4.78, 5) is 10.9. The second-order valence-corrected chi connectivity index (χ2v) is 4.61. The van der Waals surface area contributed by atoms with Gasteiger partial charge in [0.15, 0.2) is 0 Å². The number of nitrogens with two attached hydrogens (primary N) is 1. The molecule has 0 amide bonds. The summed E-state index contributed by atoms with van der Waals surface area (Å²) in [7, 11) is 0. The van der Waals surface area contributed by atoms with E-state index in [1.807, 2.05) is 0 Å². The zero-order valence-corrected chi connectivity index (χ0v) is 10.3. The largest absolute Gasteiger partial charge is 0.478 e. The third-order valence-corrected chi connectivity index (χ3v) is 3.39. The predicted octanol–water partition coefficient (Wildman–Crippen LogP) is 1.80. The Bertz CT molecular complexity index is 448. The Labute approximate surface area is 106 Å². The van der Waals surface area contributed by atoms with Crippen LogP contribution in [0, 0.1) is 5.92 Å². The first-order chi connectivity index (χ1) is 8.58. The maximum atomic E-state index is 10.9. The fourth-order valence-electron chi connectivity index (χ4n) is 2.13. The SMILES string of the molecule is CC1OCCC1CNc1cc(C(=O)O)ccc1N. The zero-order valence-electron chi connectivity index (χ0n) is 10.3. The molecule has 1 aliphatic heterocycles. The smallest absolute Gasteiger partial charge is 0.335 e. The van der Waals surface area contributed by atoms with Crippen LogP contribution in [0.15, 0.2) is 18.2 Å². The van der Waals surface area contributed by atoms with Crippen LogP contribution in [0.2, 0.25) is 0 Å². The number of rotatable bonds is 4. The molecule has 2 rings (SSSR count). The van der Waals surface area contributed by atoms with Crippen LogP contribution in [0.5, 0.6) is 0 Å². The second kappa shape index (κ2) is 5.27. The molecular weight excluding hydrogens is 232 g/mol. The fraction of sp³-hybridized carbons (Fsp3) is 0.462. The van der Waals surface area contributed by atoms with E-state index in [4.69, 9.17) is 15.6 Å². The van der Waals surface area contributed by atoms with Gasteiger partial charge in [-0.25, -0.2) is 4.79 Å². The van der Waals surface area contributed by atoms with Gasteiger partial charge in [0.25, 0.3) is 0 Å². The quantitative estimate of drug-likeness (QED) is 0.710. The maximum Gasteiger partial charge on any atom is 0.335 e. The van der Waals surface area contributed by atoms with Gasteiger partial charge in [-0.1, -0.05) is 0 Å². The molecule has 1 aromatic carbocycles. The van der Waals surface area contributed by atoms with Crippen LogP contribution in [-0.2, 0) is 4.74 Å². The number of nitrogen functional groups attached to an aromatic ring is 1. The molecule has 1 aromatic rings. The van der Waals surface area contributed by atoms with Gasteiger partial charge >= 0.3 is 5.97 Å². The molecule has 0 bridgehead atoms. The van der Waals surface area contributed by atoms with E-state index in [1.165, 1.54) is 6.07 Å². The molecule has 2 unspecified atom stereocenters. The molecule has 1 aliphatic rings. The Balaban J connectivity index is 2.04. The average Bonchev–Trinajstić information content (AvgIpc) is 2.73.